The van der Waals surface area contributed by atoms with Gasteiger partial charge in [-0.1, -0.05) is 41.6 Å². The number of carbonyl (C=O) groups excluding carboxylic acids is 1. The van der Waals surface area contributed by atoms with Crippen molar-refractivity contribution >= 4 is 21.8 Å². The summed E-state index contributed by atoms with van der Waals surface area (Å²) >= 11 is 3.47. The van der Waals surface area contributed by atoms with Gasteiger partial charge in [0.2, 0.25) is 5.91 Å². The van der Waals surface area contributed by atoms with Gasteiger partial charge in [-0.25, -0.2) is 0 Å². The number of hydrogen-bond donors (Lipinski definition) is 1. The van der Waals surface area contributed by atoms with Crippen LogP contribution in [0.5, 0.6) is 5.75 Å². The van der Waals surface area contributed by atoms with Crippen LogP contribution in [0.15, 0.2) is 22.7 Å². The molecule has 0 aliphatic heterocycles. The summed E-state index contributed by atoms with van der Waals surface area (Å²) in [4.78, 5) is 11.9. The highest BCUT2D eigenvalue weighted by atomic mass is 79.9. The second-order valence-electron chi connectivity index (χ2n) is 5.75. The summed E-state index contributed by atoms with van der Waals surface area (Å²) in [6.45, 7) is 0.663. The zero-order chi connectivity index (χ0) is 15.1. The van der Waals surface area contributed by atoms with Gasteiger partial charge < -0.3 is 10.1 Å². The van der Waals surface area contributed by atoms with Crippen LogP contribution in [0.3, 0.4) is 0 Å². The molecule has 1 N–H and O–H groups in total. The van der Waals surface area contributed by atoms with Gasteiger partial charge in [-0.2, -0.15) is 0 Å². The van der Waals surface area contributed by atoms with E-state index in [0.29, 0.717) is 13.0 Å². The van der Waals surface area contributed by atoms with Crippen LogP contribution in [0, 0.1) is 5.92 Å². The Labute approximate surface area is 135 Å². The largest absolute Gasteiger partial charge is 0.496 e. The number of benzene rings is 1. The molecular formula is C17H24BrNO2. The van der Waals surface area contributed by atoms with E-state index in [2.05, 4.69) is 21.2 Å². The van der Waals surface area contributed by atoms with E-state index in [-0.39, 0.29) is 5.91 Å². The van der Waals surface area contributed by atoms with Gasteiger partial charge in [0.15, 0.2) is 0 Å². The lowest BCUT2D eigenvalue weighted by atomic mass is 10.0. The van der Waals surface area contributed by atoms with Crippen molar-refractivity contribution in [3.05, 3.63) is 28.2 Å². The van der Waals surface area contributed by atoms with Gasteiger partial charge in [-0.3, -0.25) is 4.79 Å². The van der Waals surface area contributed by atoms with Crippen molar-refractivity contribution in [1.29, 1.82) is 0 Å². The van der Waals surface area contributed by atoms with Crippen LogP contribution in [-0.4, -0.2) is 19.6 Å². The van der Waals surface area contributed by atoms with E-state index in [0.717, 1.165) is 34.5 Å². The molecule has 0 saturated heterocycles. The topological polar surface area (TPSA) is 38.3 Å². The summed E-state index contributed by atoms with van der Waals surface area (Å²) in [5.41, 5.74) is 1.11. The molecule has 1 fully saturated rings. The van der Waals surface area contributed by atoms with E-state index in [9.17, 15) is 4.79 Å². The van der Waals surface area contributed by atoms with Crippen LogP contribution in [0.2, 0.25) is 0 Å². The first-order chi connectivity index (χ1) is 10.2. The quantitative estimate of drug-likeness (QED) is 0.801. The molecule has 0 unspecified atom stereocenters. The van der Waals surface area contributed by atoms with E-state index in [1.165, 1.54) is 25.7 Å². The van der Waals surface area contributed by atoms with E-state index in [1.54, 1.807) is 7.11 Å². The highest BCUT2D eigenvalue weighted by molar-refractivity contribution is 9.10. The number of halogens is 1. The Morgan fingerprint density at radius 3 is 2.86 bits per heavy atom. The maximum absolute atomic E-state index is 11.9. The lowest BCUT2D eigenvalue weighted by molar-refractivity contribution is -0.121. The van der Waals surface area contributed by atoms with Gasteiger partial charge in [0.05, 0.1) is 7.11 Å². The van der Waals surface area contributed by atoms with Gasteiger partial charge >= 0.3 is 0 Å². The molecule has 0 spiro atoms. The first-order valence-corrected chi connectivity index (χ1v) is 8.57. The lowest BCUT2D eigenvalue weighted by Gasteiger charge is -2.11. The summed E-state index contributed by atoms with van der Waals surface area (Å²) in [5, 5.41) is 3.02. The summed E-state index contributed by atoms with van der Waals surface area (Å²) in [6.07, 6.45) is 7.80. The van der Waals surface area contributed by atoms with Crippen molar-refractivity contribution < 1.29 is 9.53 Å². The Balaban J connectivity index is 1.70. The Morgan fingerprint density at radius 1 is 1.38 bits per heavy atom. The number of rotatable bonds is 7. The summed E-state index contributed by atoms with van der Waals surface area (Å²) < 4.78 is 6.37. The van der Waals surface area contributed by atoms with Crippen LogP contribution in [0.4, 0.5) is 0 Å². The lowest BCUT2D eigenvalue weighted by Crippen LogP contribution is -2.26. The fourth-order valence-corrected chi connectivity index (χ4v) is 3.41. The maximum Gasteiger partial charge on any atom is 0.220 e. The molecule has 0 aromatic heterocycles. The predicted molar refractivity (Wildman–Crippen MR) is 88.6 cm³/mol. The van der Waals surface area contributed by atoms with Gasteiger partial charge in [0.1, 0.15) is 5.75 Å². The third kappa shape index (κ3) is 5.34. The van der Waals surface area contributed by atoms with Crippen molar-refractivity contribution in [1.82, 2.24) is 5.32 Å². The monoisotopic (exact) mass is 353 g/mol. The number of methoxy groups -OCH3 is 1. The van der Waals surface area contributed by atoms with Crippen LogP contribution in [0.1, 0.15) is 44.1 Å². The van der Waals surface area contributed by atoms with Crippen molar-refractivity contribution in [2.75, 3.05) is 13.7 Å². The fourth-order valence-electron chi connectivity index (χ4n) is 3.00. The average Bonchev–Trinajstić information content (AvgIpc) is 2.99. The second-order valence-corrected chi connectivity index (χ2v) is 6.66. The van der Waals surface area contributed by atoms with Crippen molar-refractivity contribution in [3.63, 3.8) is 0 Å². The van der Waals surface area contributed by atoms with Gasteiger partial charge in [0, 0.05) is 17.4 Å². The van der Waals surface area contributed by atoms with E-state index >= 15 is 0 Å². The third-order valence-corrected chi connectivity index (χ3v) is 4.71. The molecule has 4 heteroatoms. The highest BCUT2D eigenvalue weighted by Crippen LogP contribution is 2.28. The molecule has 116 valence electrons. The minimum Gasteiger partial charge on any atom is -0.496 e. The van der Waals surface area contributed by atoms with Gasteiger partial charge in [-0.15, -0.1) is 0 Å². The molecule has 1 aliphatic carbocycles. The Morgan fingerprint density at radius 2 is 2.14 bits per heavy atom. The molecule has 21 heavy (non-hydrogen) atoms. The summed E-state index contributed by atoms with van der Waals surface area (Å²) in [6, 6.07) is 5.95. The van der Waals surface area contributed by atoms with Crippen LogP contribution >= 0.6 is 15.9 Å². The summed E-state index contributed by atoms with van der Waals surface area (Å²) in [5.74, 6) is 1.83. The second kappa shape index (κ2) is 8.42. The minimum absolute atomic E-state index is 0.177. The van der Waals surface area contributed by atoms with Crippen LogP contribution < -0.4 is 10.1 Å². The molecule has 1 amide bonds. The molecule has 1 aliphatic rings. The number of hydrogen-bond acceptors (Lipinski definition) is 2. The summed E-state index contributed by atoms with van der Waals surface area (Å²) in [7, 11) is 1.67. The maximum atomic E-state index is 11.9. The average molecular weight is 354 g/mol. The highest BCUT2D eigenvalue weighted by Gasteiger charge is 2.16. The molecule has 0 radical (unpaired) electrons. The molecule has 1 aromatic rings. The standard InChI is InChI=1S/C17H24BrNO2/c1-21-16-8-7-15(18)12-14(16)10-11-19-17(20)9-6-13-4-2-3-5-13/h7-8,12-13H,2-6,9-11H2,1H3,(H,19,20). The Hall–Kier alpha value is -1.03. The Bertz CT molecular complexity index is 470. The van der Waals surface area contributed by atoms with Crippen molar-refractivity contribution in [2.24, 2.45) is 5.92 Å². The van der Waals surface area contributed by atoms with Gasteiger partial charge in [0.25, 0.3) is 0 Å². The SMILES string of the molecule is COc1ccc(Br)cc1CCNC(=O)CCC1CCCC1. The van der Waals surface area contributed by atoms with E-state index in [4.69, 9.17) is 4.74 Å². The smallest absolute Gasteiger partial charge is 0.220 e. The molecule has 3 nitrogen and oxygen atoms in total. The fraction of sp³-hybridized carbons (Fsp3) is 0.588. The minimum atomic E-state index is 0.177. The first-order valence-electron chi connectivity index (χ1n) is 7.78. The number of carbonyl (C=O) groups is 1. The molecule has 0 bridgehead atoms. The number of amides is 1. The molecule has 1 saturated carbocycles. The van der Waals surface area contributed by atoms with Crippen LogP contribution in [0.25, 0.3) is 0 Å². The molecule has 1 aromatic carbocycles. The van der Waals surface area contributed by atoms with Crippen molar-refractivity contribution in [3.8, 4) is 5.75 Å². The zero-order valence-corrected chi connectivity index (χ0v) is 14.2. The third-order valence-electron chi connectivity index (χ3n) is 4.21. The molecular weight excluding hydrogens is 330 g/mol. The predicted octanol–water partition coefficient (Wildman–Crippen LogP) is 4.09. The van der Waals surface area contributed by atoms with E-state index < -0.39 is 0 Å². The van der Waals surface area contributed by atoms with Gasteiger partial charge in [-0.05, 0) is 42.5 Å². The van der Waals surface area contributed by atoms with E-state index in [1.807, 2.05) is 18.2 Å². The van der Waals surface area contributed by atoms with Crippen LogP contribution in [-0.2, 0) is 11.2 Å². The molecule has 0 heterocycles. The first kappa shape index (κ1) is 16.3. The molecule has 2 rings (SSSR count). The Kier molecular flexibility index (Phi) is 6.55. The zero-order valence-electron chi connectivity index (χ0n) is 12.7. The molecule has 0 atom stereocenters. The normalized spacial score (nSPS) is 15.1. The number of nitrogens with one attached hydrogen (secondary N) is 1. The number of ether oxygens (including phenoxy) is 1. The van der Waals surface area contributed by atoms with Crippen molar-refractivity contribution in [2.45, 2.75) is 44.9 Å².